The van der Waals surface area contributed by atoms with Gasteiger partial charge in [-0.15, -0.1) is 0 Å². The number of pyridine rings is 1. The van der Waals surface area contributed by atoms with E-state index >= 15 is 0 Å². The smallest absolute Gasteiger partial charge is 0.263 e. The molecule has 1 aromatic heterocycles. The van der Waals surface area contributed by atoms with Crippen molar-refractivity contribution < 1.29 is 12.8 Å². The number of nitrogens with zero attached hydrogens (tertiary/aromatic N) is 1. The Kier molecular flexibility index (Phi) is 7.02. The molecule has 0 unspecified atom stereocenters. The van der Waals surface area contributed by atoms with Gasteiger partial charge in [-0.25, -0.2) is 17.8 Å². The molecule has 1 atom stereocenters. The average Bonchev–Trinajstić information content (AvgIpc) is 2.68. The van der Waals surface area contributed by atoms with Crippen LogP contribution in [-0.2, 0) is 16.6 Å². The number of rotatable bonds is 8. The Balaban J connectivity index is 1.63. The zero-order valence-electron chi connectivity index (χ0n) is 16.2. The fourth-order valence-electron chi connectivity index (χ4n) is 3.76. The molecule has 1 heterocycles. The molecule has 28 heavy (non-hydrogen) atoms. The second-order valence-corrected chi connectivity index (χ2v) is 9.27. The molecule has 1 aliphatic carbocycles. The van der Waals surface area contributed by atoms with Crippen molar-refractivity contribution in [1.82, 2.24) is 10.3 Å². The van der Waals surface area contributed by atoms with Crippen molar-refractivity contribution in [3.63, 3.8) is 0 Å². The maximum Gasteiger partial charge on any atom is 0.263 e. The molecule has 0 saturated heterocycles. The first-order valence-corrected chi connectivity index (χ1v) is 11.4. The van der Waals surface area contributed by atoms with E-state index in [0.29, 0.717) is 18.4 Å². The van der Waals surface area contributed by atoms with Crippen LogP contribution < -0.4 is 10.0 Å². The van der Waals surface area contributed by atoms with E-state index in [4.69, 9.17) is 0 Å². The minimum atomic E-state index is -3.82. The van der Waals surface area contributed by atoms with Crippen LogP contribution in [0, 0.1) is 11.7 Å². The Morgan fingerprint density at radius 1 is 1.14 bits per heavy atom. The van der Waals surface area contributed by atoms with Crippen molar-refractivity contribution >= 4 is 15.8 Å². The van der Waals surface area contributed by atoms with E-state index in [1.54, 1.807) is 12.3 Å². The van der Waals surface area contributed by atoms with Crippen LogP contribution in [0.25, 0.3) is 0 Å². The van der Waals surface area contributed by atoms with Gasteiger partial charge in [0.15, 0.2) is 0 Å². The highest BCUT2D eigenvalue weighted by Crippen LogP contribution is 2.27. The van der Waals surface area contributed by atoms with Gasteiger partial charge in [0, 0.05) is 24.3 Å². The van der Waals surface area contributed by atoms with Crippen molar-refractivity contribution in [1.29, 1.82) is 0 Å². The molecule has 5 nitrogen and oxygen atoms in total. The molecular weight excluding hydrogens is 377 g/mol. The van der Waals surface area contributed by atoms with Crippen molar-refractivity contribution in [2.24, 2.45) is 5.92 Å². The van der Waals surface area contributed by atoms with Crippen LogP contribution in [0.15, 0.2) is 47.5 Å². The molecule has 2 N–H and O–H groups in total. The molecule has 0 amide bonds. The third-order valence-electron chi connectivity index (χ3n) is 5.30. The lowest BCUT2D eigenvalue weighted by atomic mass is 9.85. The van der Waals surface area contributed by atoms with Gasteiger partial charge in [0.25, 0.3) is 10.0 Å². The molecule has 2 aromatic rings. The normalized spacial score (nSPS) is 16.6. The molecule has 1 fully saturated rings. The molecule has 0 radical (unpaired) electrons. The summed E-state index contributed by atoms with van der Waals surface area (Å²) in [6.45, 7) is 2.70. The third kappa shape index (κ3) is 5.75. The molecule has 0 aliphatic heterocycles. The summed E-state index contributed by atoms with van der Waals surface area (Å²) in [5, 5.41) is 3.50. The zero-order valence-corrected chi connectivity index (χ0v) is 17.0. The molecule has 1 aliphatic rings. The van der Waals surface area contributed by atoms with E-state index in [1.807, 2.05) is 6.07 Å². The Labute approximate surface area is 166 Å². The van der Waals surface area contributed by atoms with Crippen LogP contribution in [0.2, 0.25) is 0 Å². The summed E-state index contributed by atoms with van der Waals surface area (Å²) in [7, 11) is -3.82. The number of sulfonamides is 1. The van der Waals surface area contributed by atoms with Gasteiger partial charge < -0.3 is 5.32 Å². The summed E-state index contributed by atoms with van der Waals surface area (Å²) < 4.78 is 40.7. The van der Waals surface area contributed by atoms with Crippen LogP contribution >= 0.6 is 0 Å². The standard InChI is InChI=1S/C21H28FN3O2S/c1-16(14-17-6-3-2-4-7-17)24-15-18-8-5-13-23-21(18)25-28(26,27)20-11-9-19(22)10-12-20/h5,8-13,16-17,24H,2-4,6-7,14-15H2,1H3,(H,23,25)/t16-/m0/s1. The molecule has 0 bridgehead atoms. The van der Waals surface area contributed by atoms with Crippen LogP contribution in [-0.4, -0.2) is 19.4 Å². The van der Waals surface area contributed by atoms with E-state index in [1.165, 1.54) is 44.2 Å². The zero-order chi connectivity index (χ0) is 20.0. The number of halogens is 1. The highest BCUT2D eigenvalue weighted by molar-refractivity contribution is 7.92. The molecular formula is C21H28FN3O2S. The molecule has 3 rings (SSSR count). The van der Waals surface area contributed by atoms with Gasteiger partial charge in [0.2, 0.25) is 0 Å². The van der Waals surface area contributed by atoms with Crippen LogP contribution in [0.1, 0.15) is 51.0 Å². The predicted molar refractivity (Wildman–Crippen MR) is 109 cm³/mol. The van der Waals surface area contributed by atoms with E-state index in [2.05, 4.69) is 21.9 Å². The maximum atomic E-state index is 13.1. The van der Waals surface area contributed by atoms with Gasteiger partial charge in [0.1, 0.15) is 11.6 Å². The van der Waals surface area contributed by atoms with Crippen LogP contribution in [0.4, 0.5) is 10.2 Å². The van der Waals surface area contributed by atoms with Gasteiger partial charge in [-0.05, 0) is 49.6 Å². The van der Waals surface area contributed by atoms with Crippen molar-refractivity contribution in [2.75, 3.05) is 4.72 Å². The highest BCUT2D eigenvalue weighted by atomic mass is 32.2. The number of hydrogen-bond donors (Lipinski definition) is 2. The van der Waals surface area contributed by atoms with Gasteiger partial charge in [-0.2, -0.15) is 0 Å². The number of aromatic nitrogens is 1. The van der Waals surface area contributed by atoms with Gasteiger partial charge in [0.05, 0.1) is 4.90 Å². The highest BCUT2D eigenvalue weighted by Gasteiger charge is 2.19. The summed E-state index contributed by atoms with van der Waals surface area (Å²) >= 11 is 0. The average molecular weight is 406 g/mol. The summed E-state index contributed by atoms with van der Waals surface area (Å²) in [5.74, 6) is 0.597. The number of hydrogen-bond acceptors (Lipinski definition) is 4. The maximum absolute atomic E-state index is 13.1. The Hall–Kier alpha value is -1.99. The predicted octanol–water partition coefficient (Wildman–Crippen LogP) is 4.47. The number of benzene rings is 1. The van der Waals surface area contributed by atoms with Gasteiger partial charge >= 0.3 is 0 Å². The molecule has 0 spiro atoms. The summed E-state index contributed by atoms with van der Waals surface area (Å²) in [5.41, 5.74) is 0.781. The minimum absolute atomic E-state index is 0.00382. The largest absolute Gasteiger partial charge is 0.310 e. The summed E-state index contributed by atoms with van der Waals surface area (Å²) in [6.07, 6.45) is 9.31. The number of anilines is 1. The SMILES string of the molecule is C[C@@H](CC1CCCCC1)NCc1cccnc1NS(=O)(=O)c1ccc(F)cc1. The molecule has 1 aromatic carbocycles. The lowest BCUT2D eigenvalue weighted by Crippen LogP contribution is -2.29. The third-order valence-corrected chi connectivity index (χ3v) is 6.65. The first kappa shape index (κ1) is 20.7. The topological polar surface area (TPSA) is 71.1 Å². The second kappa shape index (κ2) is 9.47. The van der Waals surface area contributed by atoms with Crippen molar-refractivity contribution in [3.8, 4) is 0 Å². The molecule has 1 saturated carbocycles. The summed E-state index contributed by atoms with van der Waals surface area (Å²) in [6, 6.07) is 8.74. The molecule has 7 heteroatoms. The first-order chi connectivity index (χ1) is 13.4. The summed E-state index contributed by atoms with van der Waals surface area (Å²) in [4.78, 5) is 4.20. The van der Waals surface area contributed by atoms with Crippen LogP contribution in [0.3, 0.4) is 0 Å². The number of nitrogens with one attached hydrogen (secondary N) is 2. The van der Waals surface area contributed by atoms with E-state index < -0.39 is 15.8 Å². The van der Waals surface area contributed by atoms with Crippen LogP contribution in [0.5, 0.6) is 0 Å². The van der Waals surface area contributed by atoms with E-state index in [0.717, 1.165) is 30.0 Å². The Morgan fingerprint density at radius 3 is 2.57 bits per heavy atom. The lowest BCUT2D eigenvalue weighted by molar-refractivity contribution is 0.304. The monoisotopic (exact) mass is 405 g/mol. The quantitative estimate of drug-likeness (QED) is 0.680. The van der Waals surface area contributed by atoms with Crippen molar-refractivity contribution in [2.45, 2.75) is 62.9 Å². The fraction of sp³-hybridized carbons (Fsp3) is 0.476. The van der Waals surface area contributed by atoms with Crippen molar-refractivity contribution in [3.05, 3.63) is 54.0 Å². The minimum Gasteiger partial charge on any atom is -0.310 e. The lowest BCUT2D eigenvalue weighted by Gasteiger charge is -2.25. The first-order valence-electron chi connectivity index (χ1n) is 9.90. The second-order valence-electron chi connectivity index (χ2n) is 7.59. The fourth-order valence-corrected chi connectivity index (χ4v) is 4.81. The Bertz CT molecular complexity index is 865. The van der Waals surface area contributed by atoms with E-state index in [9.17, 15) is 12.8 Å². The molecule has 152 valence electrons. The Morgan fingerprint density at radius 2 is 1.86 bits per heavy atom. The van der Waals surface area contributed by atoms with Gasteiger partial charge in [-0.3, -0.25) is 4.72 Å². The van der Waals surface area contributed by atoms with E-state index in [-0.39, 0.29) is 4.90 Å². The van der Waals surface area contributed by atoms with Gasteiger partial charge in [-0.1, -0.05) is 38.2 Å².